The van der Waals surface area contributed by atoms with Crippen LogP contribution in [0.5, 0.6) is 0 Å². The number of benzene rings is 1. The Morgan fingerprint density at radius 2 is 1.82 bits per heavy atom. The zero-order chi connectivity index (χ0) is 16.4. The fourth-order valence-electron chi connectivity index (χ4n) is 1.83. The van der Waals surface area contributed by atoms with E-state index in [9.17, 15) is 8.42 Å². The molecule has 0 spiro atoms. The van der Waals surface area contributed by atoms with Gasteiger partial charge in [-0.15, -0.1) is 0 Å². The molecule has 0 aliphatic carbocycles. The molecule has 0 atom stereocenters. The number of rotatable bonds is 8. The van der Waals surface area contributed by atoms with Gasteiger partial charge in [-0.1, -0.05) is 24.3 Å². The van der Waals surface area contributed by atoms with Gasteiger partial charge >= 0.3 is 0 Å². The van der Waals surface area contributed by atoms with E-state index in [1.165, 1.54) is 6.26 Å². The van der Waals surface area contributed by atoms with Gasteiger partial charge in [0, 0.05) is 26.5 Å². The Morgan fingerprint density at radius 1 is 1.18 bits per heavy atom. The zero-order valence-electron chi connectivity index (χ0n) is 13.4. The predicted molar refractivity (Wildman–Crippen MR) is 89.7 cm³/mol. The molecule has 22 heavy (non-hydrogen) atoms. The summed E-state index contributed by atoms with van der Waals surface area (Å²) >= 11 is 0. The molecule has 0 aromatic heterocycles. The summed E-state index contributed by atoms with van der Waals surface area (Å²) in [7, 11) is -1.34. The van der Waals surface area contributed by atoms with Crippen LogP contribution in [0.25, 0.3) is 0 Å². The number of nitrogens with one attached hydrogen (secondary N) is 2. The first-order valence-electron chi connectivity index (χ1n) is 7.21. The van der Waals surface area contributed by atoms with Crippen LogP contribution in [-0.2, 0) is 26.9 Å². The van der Waals surface area contributed by atoms with E-state index >= 15 is 0 Å². The van der Waals surface area contributed by atoms with Crippen molar-refractivity contribution < 1.29 is 13.2 Å². The Labute approximate surface area is 132 Å². The van der Waals surface area contributed by atoms with E-state index in [0.29, 0.717) is 19.7 Å². The third-order valence-corrected chi connectivity index (χ3v) is 3.67. The number of ether oxygens (including phenoxy) is 1. The van der Waals surface area contributed by atoms with Crippen LogP contribution >= 0.6 is 0 Å². The molecular weight excluding hydrogens is 302 g/mol. The van der Waals surface area contributed by atoms with Gasteiger partial charge in [0.1, 0.15) is 0 Å². The molecule has 7 heteroatoms. The molecule has 0 aliphatic rings. The fraction of sp³-hybridized carbons (Fsp3) is 0.533. The lowest BCUT2D eigenvalue weighted by Crippen LogP contribution is -2.38. The second-order valence-corrected chi connectivity index (χ2v) is 7.14. The monoisotopic (exact) mass is 327 g/mol. The number of aliphatic imine (C=N–C) groups is 1. The predicted octanol–water partition coefficient (Wildman–Crippen LogP) is 0.933. The van der Waals surface area contributed by atoms with Gasteiger partial charge in [-0.3, -0.25) is 0 Å². The van der Waals surface area contributed by atoms with Crippen molar-refractivity contribution in [3.8, 4) is 0 Å². The highest BCUT2D eigenvalue weighted by molar-refractivity contribution is 7.89. The third-order valence-electron chi connectivity index (χ3n) is 2.81. The zero-order valence-corrected chi connectivity index (χ0v) is 14.2. The first-order chi connectivity index (χ1) is 10.4. The van der Waals surface area contributed by atoms with Crippen molar-refractivity contribution in [1.29, 1.82) is 0 Å². The molecule has 1 aromatic carbocycles. The molecule has 0 bridgehead atoms. The molecule has 1 rings (SSSR count). The Balaban J connectivity index is 2.61. The summed E-state index contributed by atoms with van der Waals surface area (Å²) in [5.41, 5.74) is 1.82. The van der Waals surface area contributed by atoms with Crippen molar-refractivity contribution in [3.63, 3.8) is 0 Å². The van der Waals surface area contributed by atoms with Gasteiger partial charge in [-0.05, 0) is 18.1 Å². The van der Waals surface area contributed by atoms with E-state index in [4.69, 9.17) is 4.74 Å². The Kier molecular flexibility index (Phi) is 7.90. The number of nitrogens with zero attached hydrogens (tertiary/aromatic N) is 1. The molecule has 0 radical (unpaired) electrons. The van der Waals surface area contributed by atoms with Crippen molar-refractivity contribution in [2.45, 2.75) is 19.2 Å². The van der Waals surface area contributed by atoms with Gasteiger partial charge in [0.25, 0.3) is 0 Å². The third kappa shape index (κ3) is 7.99. The summed E-state index contributed by atoms with van der Waals surface area (Å²) in [6.45, 7) is 4.63. The Bertz CT molecular complexity index is 568. The molecule has 0 heterocycles. The molecule has 0 aliphatic heterocycles. The summed E-state index contributed by atoms with van der Waals surface area (Å²) < 4.78 is 27.5. The SMILES string of the molecule is CCNC(=NCc1ccc(CS(C)(=O)=O)cc1)NCCOC. The number of hydrogen-bond donors (Lipinski definition) is 2. The number of sulfone groups is 1. The summed E-state index contributed by atoms with van der Waals surface area (Å²) in [5.74, 6) is 0.803. The number of guanidine groups is 1. The molecule has 124 valence electrons. The quantitative estimate of drug-likeness (QED) is 0.422. The van der Waals surface area contributed by atoms with E-state index in [2.05, 4.69) is 15.6 Å². The van der Waals surface area contributed by atoms with Gasteiger partial charge < -0.3 is 15.4 Å². The lowest BCUT2D eigenvalue weighted by atomic mass is 10.1. The highest BCUT2D eigenvalue weighted by Crippen LogP contribution is 2.08. The van der Waals surface area contributed by atoms with Gasteiger partial charge in [0.2, 0.25) is 0 Å². The Morgan fingerprint density at radius 3 is 2.36 bits per heavy atom. The van der Waals surface area contributed by atoms with E-state index in [1.807, 2.05) is 31.2 Å². The lowest BCUT2D eigenvalue weighted by Gasteiger charge is -2.10. The van der Waals surface area contributed by atoms with Gasteiger partial charge in [-0.2, -0.15) is 0 Å². The lowest BCUT2D eigenvalue weighted by molar-refractivity contribution is 0.203. The van der Waals surface area contributed by atoms with Crippen LogP contribution in [-0.4, -0.2) is 47.4 Å². The second kappa shape index (κ2) is 9.42. The Hall–Kier alpha value is -1.60. The van der Waals surface area contributed by atoms with E-state index in [-0.39, 0.29) is 5.75 Å². The maximum atomic E-state index is 11.2. The van der Waals surface area contributed by atoms with E-state index in [0.717, 1.165) is 23.6 Å². The topological polar surface area (TPSA) is 79.8 Å². The largest absolute Gasteiger partial charge is 0.383 e. The van der Waals surface area contributed by atoms with Crippen LogP contribution in [0.3, 0.4) is 0 Å². The summed E-state index contributed by atoms with van der Waals surface area (Å²) in [5, 5.41) is 6.33. The average molecular weight is 327 g/mol. The summed E-state index contributed by atoms with van der Waals surface area (Å²) in [6.07, 6.45) is 1.24. The van der Waals surface area contributed by atoms with Crippen molar-refractivity contribution in [1.82, 2.24) is 10.6 Å². The van der Waals surface area contributed by atoms with Crippen LogP contribution in [0, 0.1) is 0 Å². The van der Waals surface area contributed by atoms with E-state index < -0.39 is 9.84 Å². The normalized spacial score (nSPS) is 12.2. The van der Waals surface area contributed by atoms with Gasteiger partial charge in [0.15, 0.2) is 15.8 Å². The number of hydrogen-bond acceptors (Lipinski definition) is 4. The first-order valence-corrected chi connectivity index (χ1v) is 9.27. The van der Waals surface area contributed by atoms with Crippen molar-refractivity contribution in [2.24, 2.45) is 4.99 Å². The summed E-state index contributed by atoms with van der Waals surface area (Å²) in [6, 6.07) is 7.47. The fourth-order valence-corrected chi connectivity index (χ4v) is 2.63. The van der Waals surface area contributed by atoms with Crippen molar-refractivity contribution in [3.05, 3.63) is 35.4 Å². The van der Waals surface area contributed by atoms with Gasteiger partial charge in [0.05, 0.1) is 18.9 Å². The minimum atomic E-state index is -3.00. The minimum absolute atomic E-state index is 0.0672. The molecule has 0 fully saturated rings. The standard InChI is InChI=1S/C15H25N3O3S/c1-4-16-15(17-9-10-21-2)18-11-13-5-7-14(8-6-13)12-22(3,19)20/h5-8H,4,9-12H2,1-3H3,(H2,16,17,18). The second-order valence-electron chi connectivity index (χ2n) is 5.00. The minimum Gasteiger partial charge on any atom is -0.383 e. The summed E-state index contributed by atoms with van der Waals surface area (Å²) in [4.78, 5) is 4.48. The molecular formula is C15H25N3O3S. The molecule has 1 aromatic rings. The maximum Gasteiger partial charge on any atom is 0.191 e. The van der Waals surface area contributed by atoms with Gasteiger partial charge in [-0.25, -0.2) is 13.4 Å². The molecule has 2 N–H and O–H groups in total. The molecule has 0 unspecified atom stereocenters. The van der Waals surface area contributed by atoms with Crippen LogP contribution in [0.1, 0.15) is 18.1 Å². The van der Waals surface area contributed by atoms with Crippen molar-refractivity contribution >= 4 is 15.8 Å². The van der Waals surface area contributed by atoms with Crippen LogP contribution < -0.4 is 10.6 Å². The highest BCUT2D eigenvalue weighted by Gasteiger charge is 2.04. The van der Waals surface area contributed by atoms with Crippen molar-refractivity contribution in [2.75, 3.05) is 33.1 Å². The molecule has 0 saturated heterocycles. The first kappa shape index (κ1) is 18.4. The molecule has 0 amide bonds. The number of methoxy groups -OCH3 is 1. The average Bonchev–Trinajstić information content (AvgIpc) is 2.45. The molecule has 0 saturated carbocycles. The van der Waals surface area contributed by atoms with Crippen LogP contribution in [0.15, 0.2) is 29.3 Å². The van der Waals surface area contributed by atoms with Crippen LogP contribution in [0.2, 0.25) is 0 Å². The highest BCUT2D eigenvalue weighted by atomic mass is 32.2. The van der Waals surface area contributed by atoms with E-state index in [1.54, 1.807) is 7.11 Å². The maximum absolute atomic E-state index is 11.2. The molecule has 6 nitrogen and oxygen atoms in total. The van der Waals surface area contributed by atoms with Crippen LogP contribution in [0.4, 0.5) is 0 Å². The smallest absolute Gasteiger partial charge is 0.191 e.